The van der Waals surface area contributed by atoms with Gasteiger partial charge in [0, 0.05) is 17.8 Å². The lowest BCUT2D eigenvalue weighted by Gasteiger charge is -2.11. The maximum atomic E-state index is 11.9. The van der Waals surface area contributed by atoms with Crippen LogP contribution >= 0.6 is 11.6 Å². The Morgan fingerprint density at radius 3 is 2.65 bits per heavy atom. The second-order valence-electron chi connectivity index (χ2n) is 5.41. The van der Waals surface area contributed by atoms with Gasteiger partial charge in [0.05, 0.1) is 18.4 Å². The molecule has 0 unspecified atom stereocenters. The predicted molar refractivity (Wildman–Crippen MR) is 102 cm³/mol. The minimum atomic E-state index is -0.414. The smallest absolute Gasteiger partial charge is 0.339 e. The Bertz CT molecular complexity index is 900. The van der Waals surface area contributed by atoms with Crippen LogP contribution in [0.3, 0.4) is 0 Å². The summed E-state index contributed by atoms with van der Waals surface area (Å²) in [6.07, 6.45) is 1.64. The molecule has 6 nitrogen and oxygen atoms in total. The number of carbonyl (C=O) groups is 1. The lowest BCUT2D eigenvalue weighted by Crippen LogP contribution is -2.07. The molecule has 0 saturated heterocycles. The van der Waals surface area contributed by atoms with Crippen molar-refractivity contribution in [3.8, 4) is 0 Å². The maximum absolute atomic E-state index is 11.9. The van der Waals surface area contributed by atoms with Crippen molar-refractivity contribution in [1.29, 1.82) is 0 Å². The first-order valence-corrected chi connectivity index (χ1v) is 8.29. The molecule has 2 N–H and O–H groups in total. The molecule has 0 bridgehead atoms. The zero-order valence-corrected chi connectivity index (χ0v) is 14.8. The normalized spacial score (nSPS) is 10.2. The average molecular weight is 369 g/mol. The third-order valence-electron chi connectivity index (χ3n) is 3.61. The monoisotopic (exact) mass is 368 g/mol. The van der Waals surface area contributed by atoms with Crippen LogP contribution in [0.4, 0.5) is 17.5 Å². The van der Waals surface area contributed by atoms with E-state index in [4.69, 9.17) is 16.3 Å². The zero-order chi connectivity index (χ0) is 18.4. The Hall–Kier alpha value is -3.12. The van der Waals surface area contributed by atoms with Crippen LogP contribution in [0.1, 0.15) is 15.9 Å². The number of nitrogens with zero attached hydrogens (tertiary/aromatic N) is 2. The molecule has 2 aromatic carbocycles. The van der Waals surface area contributed by atoms with Gasteiger partial charge in [-0.3, -0.25) is 0 Å². The molecule has 7 heteroatoms. The van der Waals surface area contributed by atoms with Crippen LogP contribution in [0.5, 0.6) is 0 Å². The van der Waals surface area contributed by atoms with Gasteiger partial charge in [-0.25, -0.2) is 9.78 Å². The quantitative estimate of drug-likeness (QED) is 0.633. The summed E-state index contributed by atoms with van der Waals surface area (Å²) in [5.74, 6) is 0.624. The SMILES string of the molecule is COC(=O)c1ccccc1Nc1ccnc(NCc2ccc(Cl)cc2)n1. The Morgan fingerprint density at radius 1 is 1.12 bits per heavy atom. The number of ether oxygens (including phenoxy) is 1. The molecule has 26 heavy (non-hydrogen) atoms. The van der Waals surface area contributed by atoms with E-state index in [0.29, 0.717) is 34.6 Å². The molecule has 0 aliphatic heterocycles. The van der Waals surface area contributed by atoms with Gasteiger partial charge in [0.25, 0.3) is 0 Å². The molecular formula is C19H17ClN4O2. The number of methoxy groups -OCH3 is 1. The second-order valence-corrected chi connectivity index (χ2v) is 5.84. The highest BCUT2D eigenvalue weighted by atomic mass is 35.5. The molecule has 0 aliphatic carbocycles. The van der Waals surface area contributed by atoms with E-state index >= 15 is 0 Å². The van der Waals surface area contributed by atoms with E-state index in [-0.39, 0.29) is 0 Å². The highest BCUT2D eigenvalue weighted by molar-refractivity contribution is 6.30. The number of nitrogens with one attached hydrogen (secondary N) is 2. The van der Waals surface area contributed by atoms with Crippen LogP contribution in [0.25, 0.3) is 0 Å². The number of hydrogen-bond acceptors (Lipinski definition) is 6. The highest BCUT2D eigenvalue weighted by Gasteiger charge is 2.11. The molecule has 1 aromatic heterocycles. The molecule has 132 valence electrons. The molecule has 3 rings (SSSR count). The average Bonchev–Trinajstić information content (AvgIpc) is 2.68. The predicted octanol–water partition coefficient (Wildman–Crippen LogP) is 4.27. The van der Waals surface area contributed by atoms with Crippen molar-refractivity contribution in [1.82, 2.24) is 9.97 Å². The highest BCUT2D eigenvalue weighted by Crippen LogP contribution is 2.21. The number of aromatic nitrogens is 2. The number of esters is 1. The molecule has 0 fully saturated rings. The van der Waals surface area contributed by atoms with Gasteiger partial charge in [-0.15, -0.1) is 0 Å². The summed E-state index contributed by atoms with van der Waals surface area (Å²) in [6.45, 7) is 0.569. The Labute approximate surface area is 156 Å². The van der Waals surface area contributed by atoms with Gasteiger partial charge in [-0.2, -0.15) is 4.98 Å². The van der Waals surface area contributed by atoms with Crippen molar-refractivity contribution in [3.63, 3.8) is 0 Å². The molecular weight excluding hydrogens is 352 g/mol. The summed E-state index contributed by atoms with van der Waals surface area (Å²) in [6, 6.07) is 16.3. The lowest BCUT2D eigenvalue weighted by atomic mass is 10.2. The number of rotatable bonds is 6. The van der Waals surface area contributed by atoms with E-state index in [1.807, 2.05) is 30.3 Å². The van der Waals surface area contributed by atoms with Crippen molar-refractivity contribution < 1.29 is 9.53 Å². The van der Waals surface area contributed by atoms with Gasteiger partial charge in [-0.05, 0) is 35.9 Å². The molecule has 0 aliphatic rings. The van der Waals surface area contributed by atoms with Crippen LogP contribution in [0.2, 0.25) is 5.02 Å². The van der Waals surface area contributed by atoms with Crippen LogP contribution in [-0.4, -0.2) is 23.0 Å². The van der Waals surface area contributed by atoms with Gasteiger partial charge in [0.15, 0.2) is 0 Å². The standard InChI is InChI=1S/C19H17ClN4O2/c1-26-18(25)15-4-2-3-5-16(15)23-17-10-11-21-19(24-17)22-12-13-6-8-14(20)9-7-13/h2-11H,12H2,1H3,(H2,21,22,23,24). The number of halogens is 1. The third kappa shape index (κ3) is 4.49. The topological polar surface area (TPSA) is 76.1 Å². The van der Waals surface area contributed by atoms with Crippen LogP contribution < -0.4 is 10.6 Å². The van der Waals surface area contributed by atoms with Gasteiger partial charge in [-0.1, -0.05) is 35.9 Å². The van der Waals surface area contributed by atoms with Crippen molar-refractivity contribution in [2.45, 2.75) is 6.54 Å². The number of para-hydroxylation sites is 1. The van der Waals surface area contributed by atoms with Crippen LogP contribution in [0.15, 0.2) is 60.8 Å². The Morgan fingerprint density at radius 2 is 1.88 bits per heavy atom. The molecule has 0 radical (unpaired) electrons. The minimum Gasteiger partial charge on any atom is -0.465 e. The van der Waals surface area contributed by atoms with E-state index in [1.54, 1.807) is 30.5 Å². The molecule has 0 amide bonds. The fourth-order valence-electron chi connectivity index (χ4n) is 2.31. The molecule has 0 atom stereocenters. The first kappa shape index (κ1) is 17.7. The van der Waals surface area contributed by atoms with Gasteiger partial charge in [0.2, 0.25) is 5.95 Å². The summed E-state index contributed by atoms with van der Waals surface area (Å²) >= 11 is 5.89. The summed E-state index contributed by atoms with van der Waals surface area (Å²) in [5, 5.41) is 6.98. The Balaban J connectivity index is 1.72. The number of benzene rings is 2. The first-order chi connectivity index (χ1) is 12.7. The molecule has 1 heterocycles. The van der Waals surface area contributed by atoms with Gasteiger partial charge < -0.3 is 15.4 Å². The first-order valence-electron chi connectivity index (χ1n) is 7.91. The largest absolute Gasteiger partial charge is 0.465 e. The molecule has 0 saturated carbocycles. The summed E-state index contributed by atoms with van der Waals surface area (Å²) in [5.41, 5.74) is 2.11. The summed E-state index contributed by atoms with van der Waals surface area (Å²) in [4.78, 5) is 20.5. The molecule has 0 spiro atoms. The van der Waals surface area contributed by atoms with E-state index < -0.39 is 5.97 Å². The number of carbonyl (C=O) groups excluding carboxylic acids is 1. The van der Waals surface area contributed by atoms with E-state index in [9.17, 15) is 4.79 Å². The van der Waals surface area contributed by atoms with E-state index in [0.717, 1.165) is 5.56 Å². The van der Waals surface area contributed by atoms with E-state index in [2.05, 4.69) is 20.6 Å². The fraction of sp³-hybridized carbons (Fsp3) is 0.105. The summed E-state index contributed by atoms with van der Waals surface area (Å²) < 4.78 is 4.80. The van der Waals surface area contributed by atoms with Crippen molar-refractivity contribution in [2.75, 3.05) is 17.7 Å². The third-order valence-corrected chi connectivity index (χ3v) is 3.87. The van der Waals surface area contributed by atoms with Crippen molar-refractivity contribution in [3.05, 3.63) is 76.9 Å². The zero-order valence-electron chi connectivity index (χ0n) is 14.1. The van der Waals surface area contributed by atoms with E-state index in [1.165, 1.54) is 7.11 Å². The lowest BCUT2D eigenvalue weighted by molar-refractivity contribution is 0.0602. The maximum Gasteiger partial charge on any atom is 0.339 e. The Kier molecular flexibility index (Phi) is 5.66. The van der Waals surface area contributed by atoms with Gasteiger partial charge in [0.1, 0.15) is 5.82 Å². The minimum absolute atomic E-state index is 0.414. The second kappa shape index (κ2) is 8.31. The van der Waals surface area contributed by atoms with Crippen molar-refractivity contribution >= 4 is 35.0 Å². The van der Waals surface area contributed by atoms with Crippen LogP contribution in [-0.2, 0) is 11.3 Å². The summed E-state index contributed by atoms with van der Waals surface area (Å²) in [7, 11) is 1.35. The van der Waals surface area contributed by atoms with Gasteiger partial charge >= 0.3 is 5.97 Å². The fourth-order valence-corrected chi connectivity index (χ4v) is 2.44. The molecule has 3 aromatic rings. The number of anilines is 3. The van der Waals surface area contributed by atoms with Crippen LogP contribution in [0, 0.1) is 0 Å². The van der Waals surface area contributed by atoms with Crippen molar-refractivity contribution in [2.24, 2.45) is 0 Å². The number of hydrogen-bond donors (Lipinski definition) is 2.